The van der Waals surface area contributed by atoms with Crippen LogP contribution in [-0.2, 0) is 27.4 Å². The Balaban J connectivity index is 2.27. The van der Waals surface area contributed by atoms with Gasteiger partial charge in [-0.05, 0) is 42.5 Å². The third-order valence-electron chi connectivity index (χ3n) is 2.99. The van der Waals surface area contributed by atoms with Crippen molar-refractivity contribution in [3.8, 4) is 0 Å². The highest BCUT2D eigenvalue weighted by atomic mass is 32.2. The number of hydrogen-bond acceptors (Lipinski definition) is 3. The first kappa shape index (κ1) is 11.6. The Kier molecular flexibility index (Phi) is 3.30. The van der Waals surface area contributed by atoms with Gasteiger partial charge in [-0.15, -0.1) is 0 Å². The minimum atomic E-state index is -3.17. The van der Waals surface area contributed by atoms with Crippen LogP contribution in [0.2, 0.25) is 0 Å². The van der Waals surface area contributed by atoms with Crippen LogP contribution in [0.25, 0.3) is 0 Å². The zero-order valence-corrected chi connectivity index (χ0v) is 10.2. The second kappa shape index (κ2) is 4.55. The van der Waals surface area contributed by atoms with Crippen LogP contribution in [0, 0.1) is 0 Å². The predicted octanol–water partition coefficient (Wildman–Crippen LogP) is 1.60. The summed E-state index contributed by atoms with van der Waals surface area (Å²) < 4.78 is 28.6. The van der Waals surface area contributed by atoms with Crippen molar-refractivity contribution in [2.75, 3.05) is 19.5 Å². The van der Waals surface area contributed by atoms with Crippen LogP contribution in [0.1, 0.15) is 17.5 Å². The Morgan fingerprint density at radius 1 is 1.25 bits per heavy atom. The largest absolute Gasteiger partial charge is 0.384 e. The molecule has 2 rings (SSSR count). The van der Waals surface area contributed by atoms with Crippen molar-refractivity contribution in [3.05, 3.63) is 29.3 Å². The molecule has 0 aliphatic heterocycles. The van der Waals surface area contributed by atoms with Gasteiger partial charge in [-0.3, -0.25) is 0 Å². The monoisotopic (exact) mass is 240 g/mol. The van der Waals surface area contributed by atoms with Crippen molar-refractivity contribution < 1.29 is 13.2 Å². The van der Waals surface area contributed by atoms with E-state index in [9.17, 15) is 8.42 Å². The van der Waals surface area contributed by atoms with Gasteiger partial charge in [0.2, 0.25) is 0 Å². The van der Waals surface area contributed by atoms with Crippen molar-refractivity contribution in [1.82, 2.24) is 0 Å². The molecule has 88 valence electrons. The van der Waals surface area contributed by atoms with E-state index in [2.05, 4.69) is 0 Å². The topological polar surface area (TPSA) is 43.4 Å². The van der Waals surface area contributed by atoms with Gasteiger partial charge in [-0.25, -0.2) is 8.42 Å². The lowest BCUT2D eigenvalue weighted by Gasteiger charge is -2.06. The molecule has 0 aromatic heterocycles. The SMILES string of the molecule is COCCS(=O)(=O)c1ccc2c(c1)CCC2. The molecule has 0 radical (unpaired) electrons. The number of benzene rings is 1. The fraction of sp³-hybridized carbons (Fsp3) is 0.500. The molecule has 1 aromatic carbocycles. The molecule has 0 saturated carbocycles. The molecule has 0 fully saturated rings. The summed E-state index contributed by atoms with van der Waals surface area (Å²) in [7, 11) is -1.66. The molecule has 0 unspecified atom stereocenters. The van der Waals surface area contributed by atoms with Crippen LogP contribution in [0.5, 0.6) is 0 Å². The summed E-state index contributed by atoms with van der Waals surface area (Å²) in [5.74, 6) is 0.0578. The lowest BCUT2D eigenvalue weighted by molar-refractivity contribution is 0.217. The van der Waals surface area contributed by atoms with Crippen molar-refractivity contribution in [1.29, 1.82) is 0 Å². The summed E-state index contributed by atoms with van der Waals surface area (Å²) in [4.78, 5) is 0.435. The molecule has 16 heavy (non-hydrogen) atoms. The first-order chi connectivity index (χ1) is 7.63. The Labute approximate surface area is 96.4 Å². The zero-order chi connectivity index (χ0) is 11.6. The number of sulfone groups is 1. The van der Waals surface area contributed by atoms with Crippen molar-refractivity contribution in [2.45, 2.75) is 24.2 Å². The fourth-order valence-electron chi connectivity index (χ4n) is 2.05. The minimum Gasteiger partial charge on any atom is -0.384 e. The molecular weight excluding hydrogens is 224 g/mol. The van der Waals surface area contributed by atoms with Crippen LogP contribution in [0.4, 0.5) is 0 Å². The normalized spacial score (nSPS) is 15.1. The van der Waals surface area contributed by atoms with Crippen LogP contribution in [-0.4, -0.2) is 27.9 Å². The van der Waals surface area contributed by atoms with Gasteiger partial charge in [-0.1, -0.05) is 6.07 Å². The van der Waals surface area contributed by atoms with E-state index in [4.69, 9.17) is 4.74 Å². The van der Waals surface area contributed by atoms with E-state index < -0.39 is 9.84 Å². The van der Waals surface area contributed by atoms with Gasteiger partial charge in [0.05, 0.1) is 17.3 Å². The number of methoxy groups -OCH3 is 1. The number of rotatable bonds is 4. The highest BCUT2D eigenvalue weighted by Gasteiger charge is 2.18. The summed E-state index contributed by atoms with van der Waals surface area (Å²) in [6, 6.07) is 5.49. The molecule has 0 atom stereocenters. The lowest BCUT2D eigenvalue weighted by Crippen LogP contribution is -2.11. The van der Waals surface area contributed by atoms with Gasteiger partial charge in [-0.2, -0.15) is 0 Å². The summed E-state index contributed by atoms with van der Waals surface area (Å²) in [5, 5.41) is 0. The molecular formula is C12H16O3S. The van der Waals surface area contributed by atoms with E-state index in [1.165, 1.54) is 18.2 Å². The molecule has 0 amide bonds. The Hall–Kier alpha value is -0.870. The van der Waals surface area contributed by atoms with E-state index in [-0.39, 0.29) is 12.4 Å². The zero-order valence-electron chi connectivity index (χ0n) is 9.40. The summed E-state index contributed by atoms with van der Waals surface area (Å²) in [5.41, 5.74) is 2.49. The molecule has 0 saturated heterocycles. The maximum Gasteiger partial charge on any atom is 0.180 e. The molecule has 0 N–H and O–H groups in total. The van der Waals surface area contributed by atoms with E-state index in [0.29, 0.717) is 4.90 Å². The minimum absolute atomic E-state index is 0.0578. The third kappa shape index (κ3) is 2.28. The summed E-state index contributed by atoms with van der Waals surface area (Å²) in [6.45, 7) is 0.249. The molecule has 1 aromatic rings. The third-order valence-corrected chi connectivity index (χ3v) is 4.66. The maximum atomic E-state index is 11.9. The number of aryl methyl sites for hydroxylation is 2. The van der Waals surface area contributed by atoms with Crippen LogP contribution >= 0.6 is 0 Å². The predicted molar refractivity (Wildman–Crippen MR) is 62.4 cm³/mol. The Morgan fingerprint density at radius 3 is 2.75 bits per heavy atom. The molecule has 4 heteroatoms. The summed E-state index contributed by atoms with van der Waals surface area (Å²) >= 11 is 0. The summed E-state index contributed by atoms with van der Waals surface area (Å²) in [6.07, 6.45) is 3.22. The molecule has 1 aliphatic carbocycles. The fourth-order valence-corrected chi connectivity index (χ4v) is 3.27. The second-order valence-electron chi connectivity index (χ2n) is 4.10. The van der Waals surface area contributed by atoms with Crippen LogP contribution in [0.3, 0.4) is 0 Å². The highest BCUT2D eigenvalue weighted by Crippen LogP contribution is 2.25. The van der Waals surface area contributed by atoms with Gasteiger partial charge in [0, 0.05) is 7.11 Å². The van der Waals surface area contributed by atoms with E-state index in [1.54, 1.807) is 6.07 Å². The standard InChI is InChI=1S/C12H16O3S/c1-15-7-8-16(13,14)12-6-5-10-3-2-4-11(10)9-12/h5-6,9H,2-4,7-8H2,1H3. The van der Waals surface area contributed by atoms with Crippen molar-refractivity contribution in [3.63, 3.8) is 0 Å². The van der Waals surface area contributed by atoms with Crippen LogP contribution in [0.15, 0.2) is 23.1 Å². The van der Waals surface area contributed by atoms with Crippen LogP contribution < -0.4 is 0 Å². The average Bonchev–Trinajstić information content (AvgIpc) is 2.73. The van der Waals surface area contributed by atoms with E-state index in [0.717, 1.165) is 19.3 Å². The Bertz CT molecular complexity index is 477. The highest BCUT2D eigenvalue weighted by molar-refractivity contribution is 7.91. The van der Waals surface area contributed by atoms with E-state index in [1.807, 2.05) is 12.1 Å². The van der Waals surface area contributed by atoms with Crippen molar-refractivity contribution >= 4 is 9.84 Å². The maximum absolute atomic E-state index is 11.9. The van der Waals surface area contributed by atoms with Gasteiger partial charge in [0.25, 0.3) is 0 Å². The second-order valence-corrected chi connectivity index (χ2v) is 6.20. The van der Waals surface area contributed by atoms with Gasteiger partial charge >= 0.3 is 0 Å². The molecule has 0 bridgehead atoms. The number of fused-ring (bicyclic) bond motifs is 1. The Morgan fingerprint density at radius 2 is 2.00 bits per heavy atom. The van der Waals surface area contributed by atoms with Gasteiger partial charge in [0.1, 0.15) is 0 Å². The molecule has 3 nitrogen and oxygen atoms in total. The first-order valence-electron chi connectivity index (χ1n) is 5.47. The van der Waals surface area contributed by atoms with Gasteiger partial charge in [0.15, 0.2) is 9.84 Å². The van der Waals surface area contributed by atoms with Gasteiger partial charge < -0.3 is 4.74 Å². The average molecular weight is 240 g/mol. The molecule has 0 spiro atoms. The molecule has 1 aliphatic rings. The smallest absolute Gasteiger partial charge is 0.180 e. The van der Waals surface area contributed by atoms with E-state index >= 15 is 0 Å². The lowest BCUT2D eigenvalue weighted by atomic mass is 10.1. The molecule has 0 heterocycles. The van der Waals surface area contributed by atoms with Crippen molar-refractivity contribution in [2.24, 2.45) is 0 Å². The first-order valence-corrected chi connectivity index (χ1v) is 7.12. The number of hydrogen-bond donors (Lipinski definition) is 0. The number of ether oxygens (including phenoxy) is 1. The quantitative estimate of drug-likeness (QED) is 0.803.